The van der Waals surface area contributed by atoms with Gasteiger partial charge in [-0.15, -0.1) is 0 Å². The topological polar surface area (TPSA) is 46.3 Å². The van der Waals surface area contributed by atoms with Crippen LogP contribution in [0.1, 0.15) is 5.56 Å². The Morgan fingerprint density at radius 1 is 1.38 bits per heavy atom. The van der Waals surface area contributed by atoms with Crippen LogP contribution in [0.15, 0.2) is 35.3 Å². The van der Waals surface area contributed by atoms with Gasteiger partial charge in [0.1, 0.15) is 17.7 Å². The van der Waals surface area contributed by atoms with Crippen molar-refractivity contribution < 1.29 is 9.52 Å². The highest BCUT2D eigenvalue weighted by Crippen LogP contribution is 2.24. The summed E-state index contributed by atoms with van der Waals surface area (Å²) in [4.78, 5) is 3.98. The molecule has 0 bridgehead atoms. The number of aryl methyl sites for hydroxylation is 1. The number of hydrogen-bond acceptors (Lipinski definition) is 3. The second-order valence-corrected chi connectivity index (χ2v) is 2.87. The number of aromatic hydroxyl groups is 1. The standard InChI is InChI=1S/C10H9NO2/c1-7-2-3-8(4-10(7)12)9-5-13-6-11-9/h2-6,12H,1H3. The highest BCUT2D eigenvalue weighted by Gasteiger charge is 2.02. The number of oxazole rings is 1. The van der Waals surface area contributed by atoms with Gasteiger partial charge in [-0.25, -0.2) is 4.98 Å². The Bertz CT molecular complexity index is 407. The fraction of sp³-hybridized carbons (Fsp3) is 0.100. The fourth-order valence-electron chi connectivity index (χ4n) is 1.12. The molecule has 1 aromatic heterocycles. The first kappa shape index (κ1) is 7.86. The lowest BCUT2D eigenvalue weighted by Gasteiger charge is -2.00. The SMILES string of the molecule is Cc1ccc(-c2cocn2)cc1O. The molecule has 0 aliphatic heterocycles. The minimum atomic E-state index is 0.278. The first-order chi connectivity index (χ1) is 6.27. The summed E-state index contributed by atoms with van der Waals surface area (Å²) in [6.45, 7) is 1.85. The molecular formula is C10H9NO2. The van der Waals surface area contributed by atoms with E-state index >= 15 is 0 Å². The third kappa shape index (κ3) is 1.40. The summed E-state index contributed by atoms with van der Waals surface area (Å²) in [5.41, 5.74) is 2.44. The van der Waals surface area contributed by atoms with E-state index in [9.17, 15) is 5.11 Å². The summed E-state index contributed by atoms with van der Waals surface area (Å²) in [7, 11) is 0. The molecule has 0 spiro atoms. The average molecular weight is 175 g/mol. The molecule has 0 fully saturated rings. The van der Waals surface area contributed by atoms with Crippen LogP contribution in [-0.2, 0) is 0 Å². The van der Waals surface area contributed by atoms with Crippen LogP contribution < -0.4 is 0 Å². The predicted molar refractivity (Wildman–Crippen MR) is 48.3 cm³/mol. The highest BCUT2D eigenvalue weighted by molar-refractivity contribution is 5.60. The van der Waals surface area contributed by atoms with E-state index in [2.05, 4.69) is 4.98 Å². The van der Waals surface area contributed by atoms with Crippen molar-refractivity contribution in [3.8, 4) is 17.0 Å². The Balaban J connectivity index is 2.49. The molecule has 1 heterocycles. The van der Waals surface area contributed by atoms with Crippen LogP contribution in [0.25, 0.3) is 11.3 Å². The first-order valence-electron chi connectivity index (χ1n) is 3.95. The van der Waals surface area contributed by atoms with E-state index < -0.39 is 0 Å². The van der Waals surface area contributed by atoms with Crippen LogP contribution in [0.5, 0.6) is 5.75 Å². The van der Waals surface area contributed by atoms with Crippen molar-refractivity contribution in [3.63, 3.8) is 0 Å². The van der Waals surface area contributed by atoms with E-state index in [1.54, 1.807) is 12.3 Å². The van der Waals surface area contributed by atoms with Gasteiger partial charge in [-0.1, -0.05) is 12.1 Å². The molecule has 3 nitrogen and oxygen atoms in total. The minimum Gasteiger partial charge on any atom is -0.508 e. The maximum atomic E-state index is 9.44. The van der Waals surface area contributed by atoms with Crippen LogP contribution in [0.2, 0.25) is 0 Å². The minimum absolute atomic E-state index is 0.278. The maximum absolute atomic E-state index is 9.44. The van der Waals surface area contributed by atoms with Crippen LogP contribution in [0.4, 0.5) is 0 Å². The zero-order chi connectivity index (χ0) is 9.26. The molecule has 0 aliphatic carbocycles. The van der Waals surface area contributed by atoms with Crippen molar-refractivity contribution in [1.82, 2.24) is 4.98 Å². The highest BCUT2D eigenvalue weighted by atomic mass is 16.3. The van der Waals surface area contributed by atoms with E-state index in [0.29, 0.717) is 0 Å². The summed E-state index contributed by atoms with van der Waals surface area (Å²) in [5.74, 6) is 0.278. The Kier molecular flexibility index (Phi) is 1.77. The number of rotatable bonds is 1. The molecule has 0 unspecified atom stereocenters. The summed E-state index contributed by atoms with van der Waals surface area (Å²) >= 11 is 0. The number of benzene rings is 1. The number of hydrogen-bond donors (Lipinski definition) is 1. The molecule has 0 saturated heterocycles. The molecule has 1 aromatic carbocycles. The lowest BCUT2D eigenvalue weighted by atomic mass is 10.1. The van der Waals surface area contributed by atoms with E-state index in [-0.39, 0.29) is 5.75 Å². The Hall–Kier alpha value is -1.77. The van der Waals surface area contributed by atoms with Crippen molar-refractivity contribution in [2.75, 3.05) is 0 Å². The normalized spacial score (nSPS) is 10.2. The zero-order valence-corrected chi connectivity index (χ0v) is 7.19. The monoisotopic (exact) mass is 175 g/mol. The van der Waals surface area contributed by atoms with Crippen molar-refractivity contribution >= 4 is 0 Å². The van der Waals surface area contributed by atoms with Crippen LogP contribution in [0, 0.1) is 6.92 Å². The molecule has 3 heteroatoms. The molecule has 0 saturated carbocycles. The molecule has 0 atom stereocenters. The summed E-state index contributed by atoms with van der Waals surface area (Å²) < 4.78 is 4.85. The van der Waals surface area contributed by atoms with Crippen molar-refractivity contribution in [2.45, 2.75) is 6.92 Å². The molecular weight excluding hydrogens is 166 g/mol. The van der Waals surface area contributed by atoms with Crippen LogP contribution in [-0.4, -0.2) is 10.1 Å². The Morgan fingerprint density at radius 2 is 2.23 bits per heavy atom. The third-order valence-corrected chi connectivity index (χ3v) is 1.94. The molecule has 2 aromatic rings. The first-order valence-corrected chi connectivity index (χ1v) is 3.95. The summed E-state index contributed by atoms with van der Waals surface area (Å²) in [5, 5.41) is 9.44. The number of aromatic nitrogens is 1. The maximum Gasteiger partial charge on any atom is 0.181 e. The van der Waals surface area contributed by atoms with Gasteiger partial charge < -0.3 is 9.52 Å². The second-order valence-electron chi connectivity index (χ2n) is 2.87. The fourth-order valence-corrected chi connectivity index (χ4v) is 1.12. The molecule has 66 valence electrons. The lowest BCUT2D eigenvalue weighted by molar-refractivity contribution is 0.471. The van der Waals surface area contributed by atoms with E-state index in [1.807, 2.05) is 19.1 Å². The molecule has 0 amide bonds. The number of phenols is 1. The van der Waals surface area contributed by atoms with Gasteiger partial charge in [0, 0.05) is 5.56 Å². The summed E-state index contributed by atoms with van der Waals surface area (Å²) in [6.07, 6.45) is 2.91. The van der Waals surface area contributed by atoms with E-state index in [4.69, 9.17) is 4.42 Å². The van der Waals surface area contributed by atoms with Gasteiger partial charge in [0.05, 0.1) is 0 Å². The quantitative estimate of drug-likeness (QED) is 0.723. The van der Waals surface area contributed by atoms with Gasteiger partial charge in [0.2, 0.25) is 0 Å². The average Bonchev–Trinajstić information content (AvgIpc) is 2.62. The molecule has 1 N–H and O–H groups in total. The predicted octanol–water partition coefficient (Wildman–Crippen LogP) is 2.36. The number of nitrogens with zero attached hydrogens (tertiary/aromatic N) is 1. The van der Waals surface area contributed by atoms with Crippen LogP contribution >= 0.6 is 0 Å². The molecule has 13 heavy (non-hydrogen) atoms. The van der Waals surface area contributed by atoms with Crippen molar-refractivity contribution in [2.24, 2.45) is 0 Å². The summed E-state index contributed by atoms with van der Waals surface area (Å²) in [6, 6.07) is 5.42. The molecule has 0 radical (unpaired) electrons. The zero-order valence-electron chi connectivity index (χ0n) is 7.19. The molecule has 2 rings (SSSR count). The van der Waals surface area contributed by atoms with Crippen LogP contribution in [0.3, 0.4) is 0 Å². The second kappa shape index (κ2) is 2.94. The Labute approximate surface area is 75.7 Å². The van der Waals surface area contributed by atoms with Gasteiger partial charge in [0.25, 0.3) is 0 Å². The van der Waals surface area contributed by atoms with Gasteiger partial charge >= 0.3 is 0 Å². The van der Waals surface area contributed by atoms with E-state index in [1.165, 1.54) is 6.39 Å². The van der Waals surface area contributed by atoms with Crippen molar-refractivity contribution in [1.29, 1.82) is 0 Å². The largest absolute Gasteiger partial charge is 0.508 e. The smallest absolute Gasteiger partial charge is 0.181 e. The Morgan fingerprint density at radius 3 is 2.85 bits per heavy atom. The van der Waals surface area contributed by atoms with Crippen molar-refractivity contribution in [3.05, 3.63) is 36.4 Å². The third-order valence-electron chi connectivity index (χ3n) is 1.94. The van der Waals surface area contributed by atoms with Gasteiger partial charge in [0.15, 0.2) is 6.39 Å². The van der Waals surface area contributed by atoms with E-state index in [0.717, 1.165) is 16.8 Å². The van der Waals surface area contributed by atoms with Gasteiger partial charge in [-0.05, 0) is 18.6 Å². The van der Waals surface area contributed by atoms with Gasteiger partial charge in [-0.3, -0.25) is 0 Å². The number of phenolic OH excluding ortho intramolecular Hbond substituents is 1. The molecule has 0 aliphatic rings. The lowest BCUT2D eigenvalue weighted by Crippen LogP contribution is -1.79. The van der Waals surface area contributed by atoms with Gasteiger partial charge in [-0.2, -0.15) is 0 Å².